The lowest BCUT2D eigenvalue weighted by molar-refractivity contribution is -0.162. The van der Waals surface area contributed by atoms with E-state index >= 15 is 0 Å². The third-order valence-corrected chi connectivity index (χ3v) is 4.51. The van der Waals surface area contributed by atoms with E-state index in [1.165, 1.54) is 0 Å². The predicted octanol–water partition coefficient (Wildman–Crippen LogP) is -0.0174. The van der Waals surface area contributed by atoms with Crippen LogP contribution in [0.25, 0.3) is 0 Å². The van der Waals surface area contributed by atoms with Crippen LogP contribution in [-0.2, 0) is 25.7 Å². The van der Waals surface area contributed by atoms with Crippen molar-refractivity contribution in [3.63, 3.8) is 0 Å². The summed E-state index contributed by atoms with van der Waals surface area (Å²) >= 11 is 0. The number of amides is 1. The third kappa shape index (κ3) is 2.33. The minimum absolute atomic E-state index is 0.0144. The van der Waals surface area contributed by atoms with E-state index in [1.807, 2.05) is 45.1 Å². The summed E-state index contributed by atoms with van der Waals surface area (Å²) in [5, 5.41) is 2.90. The average molecular weight is 287 g/mol. The highest BCUT2D eigenvalue weighted by Gasteiger charge is 2.63. The van der Waals surface area contributed by atoms with Gasteiger partial charge in [-0.3, -0.25) is 9.59 Å². The Morgan fingerprint density at radius 2 is 2.14 bits per heavy atom. The standard InChI is InChI=1S/C15H18BNO4/c1-9-12-13(16)21-15(9,14(19)17-12)7-11(18)20-8-10-5-3-2-4-6-10/h2-6,9,12-13H,7-8,16H2,1H3,(H,17,19)/t9?,12-,13+,15+/m0/s1. The van der Waals surface area contributed by atoms with Crippen LogP contribution in [0.15, 0.2) is 30.3 Å². The van der Waals surface area contributed by atoms with Gasteiger partial charge in [0.1, 0.15) is 14.5 Å². The molecule has 2 fully saturated rings. The summed E-state index contributed by atoms with van der Waals surface area (Å²) in [5.41, 5.74) is -0.136. The summed E-state index contributed by atoms with van der Waals surface area (Å²) < 4.78 is 11.1. The van der Waals surface area contributed by atoms with Gasteiger partial charge < -0.3 is 14.8 Å². The molecule has 0 radical (unpaired) electrons. The summed E-state index contributed by atoms with van der Waals surface area (Å²) in [6.45, 7) is 2.15. The summed E-state index contributed by atoms with van der Waals surface area (Å²) in [5.74, 6) is -0.630. The fraction of sp³-hybridized carbons (Fsp3) is 0.467. The lowest BCUT2D eigenvalue weighted by atomic mass is 9.83. The molecule has 6 heteroatoms. The van der Waals surface area contributed by atoms with E-state index in [2.05, 4.69) is 5.32 Å². The van der Waals surface area contributed by atoms with Gasteiger partial charge in [-0.1, -0.05) is 37.3 Å². The van der Waals surface area contributed by atoms with Crippen molar-refractivity contribution in [3.05, 3.63) is 35.9 Å². The molecule has 0 aromatic heterocycles. The number of esters is 1. The fourth-order valence-electron chi connectivity index (χ4n) is 3.27. The van der Waals surface area contributed by atoms with E-state index in [0.717, 1.165) is 5.56 Å². The van der Waals surface area contributed by atoms with Crippen molar-refractivity contribution in [1.29, 1.82) is 0 Å². The minimum atomic E-state index is -1.06. The Kier molecular flexibility index (Phi) is 3.49. The Bertz CT molecular complexity index is 564. The molecule has 2 bridgehead atoms. The number of carbonyl (C=O) groups is 2. The van der Waals surface area contributed by atoms with Gasteiger partial charge in [0.05, 0.1) is 12.5 Å². The number of rotatable bonds is 4. The van der Waals surface area contributed by atoms with Crippen molar-refractivity contribution in [2.24, 2.45) is 5.92 Å². The molecule has 110 valence electrons. The minimum Gasteiger partial charge on any atom is -0.461 e. The Morgan fingerprint density at radius 3 is 2.76 bits per heavy atom. The van der Waals surface area contributed by atoms with Gasteiger partial charge in [0, 0.05) is 11.9 Å². The van der Waals surface area contributed by atoms with Gasteiger partial charge in [0.15, 0.2) is 5.60 Å². The lowest BCUT2D eigenvalue weighted by Crippen LogP contribution is -2.50. The first-order chi connectivity index (χ1) is 10.0. The van der Waals surface area contributed by atoms with Crippen LogP contribution in [0, 0.1) is 5.92 Å². The highest BCUT2D eigenvalue weighted by molar-refractivity contribution is 6.13. The van der Waals surface area contributed by atoms with Crippen molar-refractivity contribution in [1.82, 2.24) is 5.32 Å². The van der Waals surface area contributed by atoms with Crippen LogP contribution in [0.5, 0.6) is 0 Å². The van der Waals surface area contributed by atoms with Crippen molar-refractivity contribution in [2.75, 3.05) is 0 Å². The van der Waals surface area contributed by atoms with Crippen molar-refractivity contribution >= 4 is 19.7 Å². The van der Waals surface area contributed by atoms with E-state index in [4.69, 9.17) is 9.47 Å². The van der Waals surface area contributed by atoms with Crippen molar-refractivity contribution in [3.8, 4) is 0 Å². The van der Waals surface area contributed by atoms with Gasteiger partial charge in [0.2, 0.25) is 0 Å². The molecule has 5 nitrogen and oxygen atoms in total. The van der Waals surface area contributed by atoms with E-state index in [-0.39, 0.29) is 36.9 Å². The number of fused-ring (bicyclic) bond motifs is 2. The maximum atomic E-state index is 12.1. The zero-order valence-corrected chi connectivity index (χ0v) is 12.2. The zero-order chi connectivity index (χ0) is 15.0. The van der Waals surface area contributed by atoms with Crippen LogP contribution in [-0.4, -0.2) is 37.4 Å². The second-order valence-electron chi connectivity index (χ2n) is 5.82. The number of carbonyl (C=O) groups excluding carboxylic acids is 2. The van der Waals surface area contributed by atoms with E-state index < -0.39 is 11.6 Å². The highest BCUT2D eigenvalue weighted by atomic mass is 16.5. The number of hydrogen-bond acceptors (Lipinski definition) is 4. The molecule has 2 aliphatic rings. The van der Waals surface area contributed by atoms with Crippen LogP contribution in [0.1, 0.15) is 18.9 Å². The van der Waals surface area contributed by atoms with E-state index in [1.54, 1.807) is 0 Å². The molecule has 2 aliphatic heterocycles. The number of nitrogens with one attached hydrogen (secondary N) is 1. The molecular formula is C15H18BNO4. The van der Waals surface area contributed by atoms with Gasteiger partial charge in [0.25, 0.3) is 5.91 Å². The quantitative estimate of drug-likeness (QED) is 0.624. The van der Waals surface area contributed by atoms with Gasteiger partial charge in [-0.05, 0) is 5.56 Å². The Labute approximate surface area is 124 Å². The average Bonchev–Trinajstić information content (AvgIpc) is 2.84. The fourth-order valence-corrected chi connectivity index (χ4v) is 3.27. The van der Waals surface area contributed by atoms with E-state index in [9.17, 15) is 9.59 Å². The summed E-state index contributed by atoms with van der Waals surface area (Å²) in [7, 11) is 1.91. The molecule has 4 atom stereocenters. The molecule has 3 rings (SSSR count). The first kappa shape index (κ1) is 14.1. The van der Waals surface area contributed by atoms with Gasteiger partial charge in [-0.25, -0.2) is 0 Å². The molecule has 0 spiro atoms. The molecular weight excluding hydrogens is 269 g/mol. The Balaban J connectivity index is 1.63. The number of morpholine rings is 1. The first-order valence-corrected chi connectivity index (χ1v) is 7.21. The zero-order valence-electron chi connectivity index (χ0n) is 12.2. The molecule has 0 aliphatic carbocycles. The molecule has 1 unspecified atom stereocenters. The summed E-state index contributed by atoms with van der Waals surface area (Å²) in [6, 6.07) is 9.38. The maximum Gasteiger partial charge on any atom is 0.309 e. The van der Waals surface area contributed by atoms with Crippen LogP contribution >= 0.6 is 0 Å². The topological polar surface area (TPSA) is 64.6 Å². The molecule has 2 saturated heterocycles. The molecule has 1 amide bonds. The summed E-state index contributed by atoms with van der Waals surface area (Å²) in [6.07, 6.45) is -0.0341. The Morgan fingerprint density at radius 1 is 1.43 bits per heavy atom. The molecule has 21 heavy (non-hydrogen) atoms. The highest BCUT2D eigenvalue weighted by Crippen LogP contribution is 2.43. The predicted molar refractivity (Wildman–Crippen MR) is 78.1 cm³/mol. The number of ether oxygens (including phenoxy) is 2. The second-order valence-corrected chi connectivity index (χ2v) is 5.82. The molecule has 1 aromatic rings. The summed E-state index contributed by atoms with van der Waals surface area (Å²) in [4.78, 5) is 24.2. The van der Waals surface area contributed by atoms with Crippen LogP contribution in [0.3, 0.4) is 0 Å². The van der Waals surface area contributed by atoms with Crippen LogP contribution in [0.4, 0.5) is 0 Å². The normalized spacial score (nSPS) is 33.8. The third-order valence-electron chi connectivity index (χ3n) is 4.51. The number of hydrogen-bond donors (Lipinski definition) is 1. The molecule has 2 heterocycles. The van der Waals surface area contributed by atoms with Crippen molar-refractivity contribution in [2.45, 2.75) is 37.6 Å². The lowest BCUT2D eigenvalue weighted by Gasteiger charge is -2.28. The van der Waals surface area contributed by atoms with Gasteiger partial charge in [-0.2, -0.15) is 0 Å². The molecule has 1 N–H and O–H groups in total. The van der Waals surface area contributed by atoms with Gasteiger partial charge >= 0.3 is 5.97 Å². The molecule has 0 saturated carbocycles. The van der Waals surface area contributed by atoms with Crippen LogP contribution in [0.2, 0.25) is 0 Å². The maximum absolute atomic E-state index is 12.1. The second kappa shape index (κ2) is 5.18. The Hall–Kier alpha value is -1.82. The smallest absolute Gasteiger partial charge is 0.309 e. The molecule has 1 aromatic carbocycles. The van der Waals surface area contributed by atoms with Crippen LogP contribution < -0.4 is 5.32 Å². The largest absolute Gasteiger partial charge is 0.461 e. The monoisotopic (exact) mass is 287 g/mol. The van der Waals surface area contributed by atoms with Crippen molar-refractivity contribution < 1.29 is 19.1 Å². The number of benzene rings is 1. The SMILES string of the molecule is B[C@@H]1O[C@@]2(CC(=O)OCc3ccccc3)C(=O)N[C@H]1C2C. The van der Waals surface area contributed by atoms with Gasteiger partial charge in [-0.15, -0.1) is 0 Å². The van der Waals surface area contributed by atoms with E-state index in [0.29, 0.717) is 0 Å². The first-order valence-electron chi connectivity index (χ1n) is 7.21.